The van der Waals surface area contributed by atoms with Gasteiger partial charge < -0.3 is 10.1 Å². The molecule has 110 valence electrons. The van der Waals surface area contributed by atoms with Gasteiger partial charge in [0.15, 0.2) is 0 Å². The summed E-state index contributed by atoms with van der Waals surface area (Å²) >= 11 is 0. The number of hydrogen-bond acceptors (Lipinski definition) is 4. The van der Waals surface area contributed by atoms with Gasteiger partial charge in [-0.1, -0.05) is 20.8 Å². The van der Waals surface area contributed by atoms with Crippen molar-refractivity contribution in [1.29, 1.82) is 0 Å². The summed E-state index contributed by atoms with van der Waals surface area (Å²) in [7, 11) is 0. The number of nitrogens with one attached hydrogen (secondary N) is 1. The summed E-state index contributed by atoms with van der Waals surface area (Å²) in [6.07, 6.45) is 5.80. The average molecular weight is 268 g/mol. The molecule has 5 heteroatoms. The molecule has 5 nitrogen and oxygen atoms in total. The first-order valence-corrected chi connectivity index (χ1v) is 7.49. The zero-order chi connectivity index (χ0) is 13.9. The third-order valence-corrected chi connectivity index (χ3v) is 2.91. The molecule has 0 amide bonds. The number of aryl methyl sites for hydroxylation is 1. The fourth-order valence-electron chi connectivity index (χ4n) is 1.97. The molecule has 0 fully saturated rings. The molecule has 19 heavy (non-hydrogen) atoms. The molecule has 0 radical (unpaired) electrons. The van der Waals surface area contributed by atoms with Crippen LogP contribution in [0.4, 0.5) is 0 Å². The Hall–Kier alpha value is -0.940. The van der Waals surface area contributed by atoms with E-state index < -0.39 is 0 Å². The quantitative estimate of drug-likeness (QED) is 0.624. The van der Waals surface area contributed by atoms with Gasteiger partial charge in [-0.15, -0.1) is 0 Å². The summed E-state index contributed by atoms with van der Waals surface area (Å²) in [6.45, 7) is 9.98. The lowest BCUT2D eigenvalue weighted by Gasteiger charge is -2.18. The number of hydrogen-bond donors (Lipinski definition) is 1. The summed E-state index contributed by atoms with van der Waals surface area (Å²) in [5, 5.41) is 7.80. The Morgan fingerprint density at radius 2 is 2.11 bits per heavy atom. The van der Waals surface area contributed by atoms with Crippen LogP contribution in [0.15, 0.2) is 6.33 Å². The zero-order valence-corrected chi connectivity index (χ0v) is 12.6. The maximum absolute atomic E-state index is 5.67. The minimum absolute atomic E-state index is 0.325. The van der Waals surface area contributed by atoms with E-state index in [1.165, 1.54) is 0 Å². The molecular weight excluding hydrogens is 240 g/mol. The Labute approximate surface area is 116 Å². The molecule has 1 aromatic heterocycles. The van der Waals surface area contributed by atoms with Crippen LogP contribution in [0.25, 0.3) is 0 Å². The molecule has 0 aliphatic heterocycles. The molecule has 0 aliphatic carbocycles. The fourth-order valence-corrected chi connectivity index (χ4v) is 1.97. The largest absolute Gasteiger partial charge is 0.380 e. The first kappa shape index (κ1) is 16.1. The van der Waals surface area contributed by atoms with Gasteiger partial charge in [-0.3, -0.25) is 4.68 Å². The first-order chi connectivity index (χ1) is 9.31. The summed E-state index contributed by atoms with van der Waals surface area (Å²) < 4.78 is 7.67. The van der Waals surface area contributed by atoms with Crippen molar-refractivity contribution in [1.82, 2.24) is 20.1 Å². The maximum Gasteiger partial charge on any atom is 0.138 e. The monoisotopic (exact) mass is 268 g/mol. The second kappa shape index (κ2) is 9.92. The van der Waals surface area contributed by atoms with Crippen LogP contribution in [0.3, 0.4) is 0 Å². The summed E-state index contributed by atoms with van der Waals surface area (Å²) in [4.78, 5) is 4.37. The van der Waals surface area contributed by atoms with Crippen LogP contribution in [0.2, 0.25) is 0 Å². The zero-order valence-electron chi connectivity index (χ0n) is 12.6. The van der Waals surface area contributed by atoms with Crippen molar-refractivity contribution in [3.05, 3.63) is 12.2 Å². The van der Waals surface area contributed by atoms with Crippen molar-refractivity contribution in [2.75, 3.05) is 19.8 Å². The number of rotatable bonds is 11. The van der Waals surface area contributed by atoms with Crippen molar-refractivity contribution < 1.29 is 4.74 Å². The van der Waals surface area contributed by atoms with Crippen molar-refractivity contribution in [3.63, 3.8) is 0 Å². The van der Waals surface area contributed by atoms with Gasteiger partial charge in [-0.2, -0.15) is 5.10 Å². The molecule has 1 aromatic rings. The van der Waals surface area contributed by atoms with Gasteiger partial charge in [-0.25, -0.2) is 4.98 Å². The number of aromatic nitrogens is 3. The summed E-state index contributed by atoms with van der Waals surface area (Å²) in [5.41, 5.74) is 0. The molecule has 0 saturated carbocycles. The fraction of sp³-hybridized carbons (Fsp3) is 0.857. The van der Waals surface area contributed by atoms with E-state index in [-0.39, 0.29) is 0 Å². The Kier molecular flexibility index (Phi) is 8.41. The van der Waals surface area contributed by atoms with E-state index in [4.69, 9.17) is 4.74 Å². The van der Waals surface area contributed by atoms with Crippen molar-refractivity contribution >= 4 is 0 Å². The summed E-state index contributed by atoms with van der Waals surface area (Å²) in [6, 6.07) is 0.325. The normalized spacial score (nSPS) is 12.8. The first-order valence-electron chi connectivity index (χ1n) is 7.49. The van der Waals surface area contributed by atoms with Gasteiger partial charge in [0.25, 0.3) is 0 Å². The third-order valence-electron chi connectivity index (χ3n) is 2.91. The average Bonchev–Trinajstić information content (AvgIpc) is 2.84. The molecule has 0 bridgehead atoms. The van der Waals surface area contributed by atoms with Crippen LogP contribution in [0.5, 0.6) is 0 Å². The van der Waals surface area contributed by atoms with E-state index in [0.29, 0.717) is 6.04 Å². The van der Waals surface area contributed by atoms with Gasteiger partial charge >= 0.3 is 0 Å². The second-order valence-corrected chi connectivity index (χ2v) is 4.83. The highest BCUT2D eigenvalue weighted by Crippen LogP contribution is 2.02. The van der Waals surface area contributed by atoms with Gasteiger partial charge in [0, 0.05) is 25.6 Å². The smallest absolute Gasteiger partial charge is 0.138 e. The molecule has 1 rings (SSSR count). The SMILES string of the molecule is CCCNC(COCCC)Cc1ncnn1CCC. The van der Waals surface area contributed by atoms with Crippen molar-refractivity contribution in [3.8, 4) is 0 Å². The minimum Gasteiger partial charge on any atom is -0.380 e. The number of ether oxygens (including phenoxy) is 1. The van der Waals surface area contributed by atoms with Crippen molar-refractivity contribution in [2.24, 2.45) is 0 Å². The maximum atomic E-state index is 5.67. The molecule has 1 heterocycles. The Morgan fingerprint density at radius 1 is 1.26 bits per heavy atom. The van der Waals surface area contributed by atoms with E-state index in [0.717, 1.165) is 57.8 Å². The van der Waals surface area contributed by atoms with Crippen LogP contribution < -0.4 is 5.32 Å². The highest BCUT2D eigenvalue weighted by Gasteiger charge is 2.13. The van der Waals surface area contributed by atoms with Crippen LogP contribution in [-0.2, 0) is 17.7 Å². The molecule has 1 atom stereocenters. The van der Waals surface area contributed by atoms with Crippen LogP contribution >= 0.6 is 0 Å². The van der Waals surface area contributed by atoms with E-state index >= 15 is 0 Å². The highest BCUT2D eigenvalue weighted by atomic mass is 16.5. The Morgan fingerprint density at radius 3 is 2.79 bits per heavy atom. The van der Waals surface area contributed by atoms with Gasteiger partial charge in [0.1, 0.15) is 12.2 Å². The molecule has 0 saturated heterocycles. The topological polar surface area (TPSA) is 52.0 Å². The second-order valence-electron chi connectivity index (χ2n) is 4.83. The predicted molar refractivity (Wildman–Crippen MR) is 77.2 cm³/mol. The van der Waals surface area contributed by atoms with Gasteiger partial charge in [-0.05, 0) is 25.8 Å². The van der Waals surface area contributed by atoms with Gasteiger partial charge in [0.05, 0.1) is 6.61 Å². The third kappa shape index (κ3) is 6.16. The van der Waals surface area contributed by atoms with E-state index in [9.17, 15) is 0 Å². The van der Waals surface area contributed by atoms with E-state index in [2.05, 4.69) is 36.2 Å². The molecule has 1 unspecified atom stereocenters. The lowest BCUT2D eigenvalue weighted by molar-refractivity contribution is 0.111. The predicted octanol–water partition coefficient (Wildman–Crippen LogP) is 2.03. The highest BCUT2D eigenvalue weighted by molar-refractivity contribution is 4.90. The van der Waals surface area contributed by atoms with E-state index in [1.807, 2.05) is 4.68 Å². The Bertz CT molecular complexity index is 327. The molecule has 0 aromatic carbocycles. The van der Waals surface area contributed by atoms with E-state index in [1.54, 1.807) is 6.33 Å². The summed E-state index contributed by atoms with van der Waals surface area (Å²) in [5.74, 6) is 1.05. The Balaban J connectivity index is 2.51. The van der Waals surface area contributed by atoms with Crippen molar-refractivity contribution in [2.45, 2.75) is 59.0 Å². The van der Waals surface area contributed by atoms with Crippen LogP contribution in [-0.4, -0.2) is 40.6 Å². The molecular formula is C14H28N4O. The number of nitrogens with zero attached hydrogens (tertiary/aromatic N) is 3. The standard InChI is InChI=1S/C14H28N4O/c1-4-7-15-13(11-19-9-6-3)10-14-16-12-17-18(14)8-5-2/h12-13,15H,4-11H2,1-3H3. The molecule has 0 aliphatic rings. The van der Waals surface area contributed by atoms with Crippen LogP contribution in [0.1, 0.15) is 45.9 Å². The minimum atomic E-state index is 0.325. The molecule has 0 spiro atoms. The lowest BCUT2D eigenvalue weighted by Crippen LogP contribution is -2.37. The molecule has 1 N–H and O–H groups in total. The lowest BCUT2D eigenvalue weighted by atomic mass is 10.2. The van der Waals surface area contributed by atoms with Crippen LogP contribution in [0, 0.1) is 0 Å². The van der Waals surface area contributed by atoms with Gasteiger partial charge in [0.2, 0.25) is 0 Å².